The minimum atomic E-state index is -0.921. The first-order chi connectivity index (χ1) is 19.2. The number of aromatic nitrogens is 2. The molecule has 40 heavy (non-hydrogen) atoms. The van der Waals surface area contributed by atoms with E-state index in [0.717, 1.165) is 0 Å². The van der Waals surface area contributed by atoms with Gasteiger partial charge in [-0.3, -0.25) is 19.4 Å². The first-order valence-electron chi connectivity index (χ1n) is 12.3. The molecule has 4 N–H and O–H groups in total. The first-order valence-corrected chi connectivity index (χ1v) is 12.7. The molecule has 0 aliphatic carbocycles. The molecule has 4 aromatic rings. The Morgan fingerprint density at radius 3 is 2.80 bits per heavy atom. The number of hydrogen-bond acceptors (Lipinski definition) is 7. The SMILES string of the molecule is NC(=O)COc1cc(C(=O)NCCc2cc3c(c(-c4ccc(F)c(Cl)c4)n2)OC[C@@]32NC2=O)cc2cccnc12. The van der Waals surface area contributed by atoms with Gasteiger partial charge in [-0.05, 0) is 42.5 Å². The standard InChI is InChI=1S/C28H21ClFN5O5/c29-19-9-15(3-4-20(19)30)24-25-18(28(13-40-25)27(38)35-28)11-17(34-24)5-7-33-26(37)16-8-14-2-1-6-32-23(14)21(10-16)39-12-22(31)36/h1-4,6,8-11H,5,7,12-13H2,(H2,31,36)(H,33,37)(H,35,38)/t28-/m1/s1. The second-order valence-corrected chi connectivity index (χ2v) is 9.83. The Balaban J connectivity index is 1.24. The lowest BCUT2D eigenvalue weighted by Crippen LogP contribution is -2.26. The topological polar surface area (TPSA) is 155 Å². The van der Waals surface area contributed by atoms with Gasteiger partial charge in [-0.25, -0.2) is 9.37 Å². The summed E-state index contributed by atoms with van der Waals surface area (Å²) in [5, 5.41) is 6.28. The predicted molar refractivity (Wildman–Crippen MR) is 142 cm³/mol. The van der Waals surface area contributed by atoms with Crippen molar-refractivity contribution >= 4 is 40.2 Å². The third kappa shape index (κ3) is 4.54. The second-order valence-electron chi connectivity index (χ2n) is 9.43. The minimum absolute atomic E-state index is 0.0659. The van der Waals surface area contributed by atoms with E-state index in [4.69, 9.17) is 31.8 Å². The van der Waals surface area contributed by atoms with Crippen LogP contribution in [0, 0.1) is 5.82 Å². The number of rotatable bonds is 8. The summed E-state index contributed by atoms with van der Waals surface area (Å²) in [5.41, 5.74) is 7.28. The largest absolute Gasteiger partial charge is 0.488 e. The fourth-order valence-electron chi connectivity index (χ4n) is 4.68. The van der Waals surface area contributed by atoms with Crippen LogP contribution in [-0.4, -0.2) is 47.4 Å². The van der Waals surface area contributed by atoms with Crippen LogP contribution in [0.25, 0.3) is 22.2 Å². The molecule has 0 radical (unpaired) electrons. The summed E-state index contributed by atoms with van der Waals surface area (Å²) >= 11 is 6.01. The maximum absolute atomic E-state index is 13.8. The van der Waals surface area contributed by atoms with E-state index < -0.39 is 17.3 Å². The number of nitrogens with zero attached hydrogens (tertiary/aromatic N) is 2. The molecule has 2 aliphatic heterocycles. The summed E-state index contributed by atoms with van der Waals surface area (Å²) in [7, 11) is 0. The van der Waals surface area contributed by atoms with Gasteiger partial charge in [0, 0.05) is 46.9 Å². The zero-order chi connectivity index (χ0) is 28.0. The van der Waals surface area contributed by atoms with Crippen LogP contribution in [-0.2, 0) is 21.5 Å². The molecule has 6 rings (SSSR count). The van der Waals surface area contributed by atoms with Crippen LogP contribution in [0.4, 0.5) is 4.39 Å². The van der Waals surface area contributed by atoms with E-state index >= 15 is 0 Å². The molecule has 202 valence electrons. The normalized spacial score (nSPS) is 16.8. The lowest BCUT2D eigenvalue weighted by molar-refractivity contribution is -0.120. The molecule has 12 heteroatoms. The van der Waals surface area contributed by atoms with Crippen molar-refractivity contribution in [3.05, 3.63) is 82.4 Å². The molecule has 0 bridgehead atoms. The lowest BCUT2D eigenvalue weighted by Gasteiger charge is -2.13. The number of hydrogen-bond donors (Lipinski definition) is 3. The van der Waals surface area contributed by atoms with Gasteiger partial charge >= 0.3 is 0 Å². The highest BCUT2D eigenvalue weighted by Crippen LogP contribution is 2.48. The van der Waals surface area contributed by atoms with Crippen molar-refractivity contribution in [2.24, 2.45) is 5.73 Å². The number of nitrogens with two attached hydrogens (primary N) is 1. The molecule has 2 aromatic heterocycles. The van der Waals surface area contributed by atoms with Crippen molar-refractivity contribution in [3.8, 4) is 22.8 Å². The van der Waals surface area contributed by atoms with E-state index in [-0.39, 0.29) is 42.3 Å². The summed E-state index contributed by atoms with van der Waals surface area (Å²) in [6.07, 6.45) is 1.91. The zero-order valence-electron chi connectivity index (χ0n) is 20.8. The maximum atomic E-state index is 13.8. The van der Waals surface area contributed by atoms with Crippen molar-refractivity contribution in [3.63, 3.8) is 0 Å². The Kier molecular flexibility index (Phi) is 6.22. The summed E-state index contributed by atoms with van der Waals surface area (Å²) < 4.78 is 25.1. The van der Waals surface area contributed by atoms with Gasteiger partial charge in [0.2, 0.25) is 0 Å². The molecule has 0 saturated carbocycles. The molecule has 1 fully saturated rings. The van der Waals surface area contributed by atoms with Crippen molar-refractivity contribution < 1.29 is 28.2 Å². The molecule has 1 spiro atoms. The number of pyridine rings is 2. The quantitative estimate of drug-likeness (QED) is 0.279. The molecule has 4 heterocycles. The van der Waals surface area contributed by atoms with Crippen molar-refractivity contribution in [1.82, 2.24) is 20.6 Å². The van der Waals surface area contributed by atoms with Crippen molar-refractivity contribution in [1.29, 1.82) is 0 Å². The Labute approximate surface area is 231 Å². The third-order valence-corrected chi connectivity index (χ3v) is 7.02. The molecule has 1 atom stereocenters. The van der Waals surface area contributed by atoms with Crippen LogP contribution in [0.2, 0.25) is 5.02 Å². The Hall–Kier alpha value is -4.77. The van der Waals surface area contributed by atoms with Gasteiger partial charge in [-0.1, -0.05) is 17.7 Å². The van der Waals surface area contributed by atoms with E-state index in [1.165, 1.54) is 18.2 Å². The Morgan fingerprint density at radius 1 is 1.23 bits per heavy atom. The third-order valence-electron chi connectivity index (χ3n) is 6.73. The fourth-order valence-corrected chi connectivity index (χ4v) is 4.86. The smallest absolute Gasteiger partial charge is 0.255 e. The summed E-state index contributed by atoms with van der Waals surface area (Å²) in [5.74, 6) is -1.05. The number of amides is 3. The number of halogens is 2. The van der Waals surface area contributed by atoms with Crippen LogP contribution in [0.1, 0.15) is 21.6 Å². The van der Waals surface area contributed by atoms with Gasteiger partial charge in [0.1, 0.15) is 29.4 Å². The van der Waals surface area contributed by atoms with E-state index in [9.17, 15) is 18.8 Å². The van der Waals surface area contributed by atoms with Gasteiger partial charge in [-0.15, -0.1) is 0 Å². The number of fused-ring (bicyclic) bond motifs is 3. The van der Waals surface area contributed by atoms with Crippen LogP contribution in [0.15, 0.2) is 54.7 Å². The van der Waals surface area contributed by atoms with E-state index in [2.05, 4.69) is 15.6 Å². The highest BCUT2D eigenvalue weighted by molar-refractivity contribution is 6.31. The molecule has 1 saturated heterocycles. The maximum Gasteiger partial charge on any atom is 0.255 e. The second kappa shape index (κ2) is 9.76. The molecule has 10 nitrogen and oxygen atoms in total. The van der Waals surface area contributed by atoms with Crippen LogP contribution < -0.4 is 25.8 Å². The van der Waals surface area contributed by atoms with Gasteiger partial charge in [0.25, 0.3) is 17.7 Å². The predicted octanol–water partition coefficient (Wildman–Crippen LogP) is 2.64. The van der Waals surface area contributed by atoms with E-state index in [0.29, 0.717) is 51.2 Å². The van der Waals surface area contributed by atoms with Gasteiger partial charge in [-0.2, -0.15) is 0 Å². The summed E-state index contributed by atoms with van der Waals surface area (Å²) in [4.78, 5) is 45.5. The minimum Gasteiger partial charge on any atom is -0.488 e. The number of primary amides is 1. The van der Waals surface area contributed by atoms with E-state index in [1.807, 2.05) is 0 Å². The molecular formula is C28H21ClFN5O5. The van der Waals surface area contributed by atoms with Gasteiger partial charge in [0.15, 0.2) is 17.9 Å². The molecular weight excluding hydrogens is 541 g/mol. The Bertz CT molecular complexity index is 1730. The Morgan fingerprint density at radius 2 is 2.05 bits per heavy atom. The number of carbonyl (C=O) groups excluding carboxylic acids is 3. The van der Waals surface area contributed by atoms with Crippen molar-refractivity contribution in [2.75, 3.05) is 19.8 Å². The van der Waals surface area contributed by atoms with Crippen molar-refractivity contribution in [2.45, 2.75) is 12.0 Å². The van der Waals surface area contributed by atoms with E-state index in [1.54, 1.807) is 36.5 Å². The number of ether oxygens (including phenoxy) is 2. The first kappa shape index (κ1) is 25.5. The monoisotopic (exact) mass is 561 g/mol. The van der Waals surface area contributed by atoms with Gasteiger partial charge in [0.05, 0.1) is 5.02 Å². The molecule has 0 unspecified atom stereocenters. The highest BCUT2D eigenvalue weighted by Gasteiger charge is 2.61. The lowest BCUT2D eigenvalue weighted by atomic mass is 9.97. The molecule has 3 amide bonds. The van der Waals surface area contributed by atoms with Crippen LogP contribution in [0.3, 0.4) is 0 Å². The van der Waals surface area contributed by atoms with Crippen LogP contribution >= 0.6 is 11.6 Å². The zero-order valence-corrected chi connectivity index (χ0v) is 21.5. The summed E-state index contributed by atoms with van der Waals surface area (Å²) in [6, 6.07) is 12.7. The number of benzene rings is 2. The highest BCUT2D eigenvalue weighted by atomic mass is 35.5. The number of nitrogens with one attached hydrogen (secondary N) is 2. The molecule has 2 aromatic carbocycles. The van der Waals surface area contributed by atoms with Gasteiger partial charge < -0.3 is 25.8 Å². The average Bonchev–Trinajstić information content (AvgIpc) is 3.46. The van der Waals surface area contributed by atoms with Crippen LogP contribution in [0.5, 0.6) is 11.5 Å². The fraction of sp³-hybridized carbons (Fsp3) is 0.179. The average molecular weight is 562 g/mol. The summed E-state index contributed by atoms with van der Waals surface area (Å²) in [6.45, 7) is -0.0150. The molecule has 2 aliphatic rings. The number of carbonyl (C=O) groups is 3.